The smallest absolute Gasteiger partial charge is 0.369 e. The third-order valence-electron chi connectivity index (χ3n) is 3.43. The lowest BCUT2D eigenvalue weighted by Crippen LogP contribution is -2.17. The van der Waals surface area contributed by atoms with Crippen molar-refractivity contribution in [3.8, 4) is 0 Å². The molecular formula is C17H20F3N5O. The van der Waals surface area contributed by atoms with Gasteiger partial charge in [-0.15, -0.1) is 10.2 Å². The van der Waals surface area contributed by atoms with Gasteiger partial charge in [0.2, 0.25) is 0 Å². The SMILES string of the molecule is CN(C)CCCNc1ccc(C(=O)Nc2cccc(C(F)(F)F)c2)nn1. The molecule has 1 aromatic heterocycles. The van der Waals surface area contributed by atoms with Crippen LogP contribution in [0.1, 0.15) is 22.5 Å². The highest BCUT2D eigenvalue weighted by Crippen LogP contribution is 2.30. The second-order valence-corrected chi connectivity index (χ2v) is 5.92. The maximum absolute atomic E-state index is 12.7. The summed E-state index contributed by atoms with van der Waals surface area (Å²) < 4.78 is 38.1. The molecule has 2 aromatic rings. The quantitative estimate of drug-likeness (QED) is 0.736. The Kier molecular flexibility index (Phi) is 6.51. The highest BCUT2D eigenvalue weighted by atomic mass is 19.4. The molecule has 0 fully saturated rings. The zero-order chi connectivity index (χ0) is 19.2. The molecule has 9 heteroatoms. The van der Waals surface area contributed by atoms with Gasteiger partial charge in [0.1, 0.15) is 5.82 Å². The minimum absolute atomic E-state index is 0.0150. The molecule has 26 heavy (non-hydrogen) atoms. The van der Waals surface area contributed by atoms with E-state index in [0.29, 0.717) is 12.4 Å². The molecule has 0 atom stereocenters. The summed E-state index contributed by atoms with van der Waals surface area (Å²) in [5.74, 6) is -0.102. The van der Waals surface area contributed by atoms with Crippen LogP contribution in [0.3, 0.4) is 0 Å². The maximum atomic E-state index is 12.7. The fraction of sp³-hybridized carbons (Fsp3) is 0.353. The summed E-state index contributed by atoms with van der Waals surface area (Å²) in [4.78, 5) is 14.2. The zero-order valence-corrected chi connectivity index (χ0v) is 14.5. The first-order chi connectivity index (χ1) is 12.3. The summed E-state index contributed by atoms with van der Waals surface area (Å²) in [5, 5.41) is 13.2. The minimum atomic E-state index is -4.47. The van der Waals surface area contributed by atoms with Crippen molar-refractivity contribution >= 4 is 17.4 Å². The van der Waals surface area contributed by atoms with Gasteiger partial charge in [0.25, 0.3) is 5.91 Å². The highest BCUT2D eigenvalue weighted by Gasteiger charge is 2.30. The van der Waals surface area contributed by atoms with E-state index in [1.54, 1.807) is 6.07 Å². The van der Waals surface area contributed by atoms with Crippen molar-refractivity contribution in [3.05, 3.63) is 47.7 Å². The lowest BCUT2D eigenvalue weighted by atomic mass is 10.2. The fourth-order valence-electron chi connectivity index (χ4n) is 2.13. The van der Waals surface area contributed by atoms with E-state index in [2.05, 4.69) is 25.7 Å². The first-order valence-electron chi connectivity index (χ1n) is 7.96. The van der Waals surface area contributed by atoms with Gasteiger partial charge in [0, 0.05) is 12.2 Å². The molecule has 0 bridgehead atoms. The summed E-state index contributed by atoms with van der Waals surface area (Å²) in [7, 11) is 3.97. The van der Waals surface area contributed by atoms with Gasteiger partial charge in [-0.05, 0) is 57.4 Å². The van der Waals surface area contributed by atoms with Crippen LogP contribution >= 0.6 is 0 Å². The number of anilines is 2. The van der Waals surface area contributed by atoms with Crippen LogP contribution < -0.4 is 10.6 Å². The van der Waals surface area contributed by atoms with Crippen LogP contribution in [0.15, 0.2) is 36.4 Å². The summed E-state index contributed by atoms with van der Waals surface area (Å²) in [6.45, 7) is 1.64. The Morgan fingerprint density at radius 3 is 2.54 bits per heavy atom. The van der Waals surface area contributed by atoms with Crippen molar-refractivity contribution < 1.29 is 18.0 Å². The lowest BCUT2D eigenvalue weighted by Gasteiger charge is -2.10. The van der Waals surface area contributed by atoms with E-state index >= 15 is 0 Å². The second-order valence-electron chi connectivity index (χ2n) is 5.92. The Hall–Kier alpha value is -2.68. The third-order valence-corrected chi connectivity index (χ3v) is 3.43. The number of carbonyl (C=O) groups is 1. The van der Waals surface area contributed by atoms with Crippen molar-refractivity contribution in [1.82, 2.24) is 15.1 Å². The van der Waals surface area contributed by atoms with E-state index < -0.39 is 17.6 Å². The third kappa shape index (κ3) is 5.99. The van der Waals surface area contributed by atoms with Crippen molar-refractivity contribution in [2.75, 3.05) is 37.8 Å². The molecule has 0 unspecified atom stereocenters. The van der Waals surface area contributed by atoms with Gasteiger partial charge < -0.3 is 15.5 Å². The molecule has 1 heterocycles. The minimum Gasteiger partial charge on any atom is -0.369 e. The monoisotopic (exact) mass is 367 g/mol. The topological polar surface area (TPSA) is 70.2 Å². The maximum Gasteiger partial charge on any atom is 0.416 e. The average molecular weight is 367 g/mol. The van der Waals surface area contributed by atoms with Gasteiger partial charge in [-0.2, -0.15) is 13.2 Å². The van der Waals surface area contributed by atoms with Gasteiger partial charge in [0.15, 0.2) is 5.69 Å². The van der Waals surface area contributed by atoms with E-state index in [1.807, 2.05) is 14.1 Å². The largest absolute Gasteiger partial charge is 0.416 e. The predicted octanol–water partition coefficient (Wildman–Crippen LogP) is 3.11. The zero-order valence-electron chi connectivity index (χ0n) is 14.5. The summed E-state index contributed by atoms with van der Waals surface area (Å²) in [6, 6.07) is 7.47. The van der Waals surface area contributed by atoms with Crippen LogP contribution in [0.25, 0.3) is 0 Å². The Morgan fingerprint density at radius 1 is 1.15 bits per heavy atom. The van der Waals surface area contributed by atoms with Gasteiger partial charge in [-0.25, -0.2) is 0 Å². The van der Waals surface area contributed by atoms with E-state index in [4.69, 9.17) is 0 Å². The molecule has 0 aliphatic heterocycles. The lowest BCUT2D eigenvalue weighted by molar-refractivity contribution is -0.137. The number of hydrogen-bond acceptors (Lipinski definition) is 5. The molecule has 0 saturated heterocycles. The molecule has 0 saturated carbocycles. The van der Waals surface area contributed by atoms with Gasteiger partial charge >= 0.3 is 6.18 Å². The Morgan fingerprint density at radius 2 is 1.92 bits per heavy atom. The fourth-order valence-corrected chi connectivity index (χ4v) is 2.13. The van der Waals surface area contributed by atoms with E-state index in [-0.39, 0.29) is 11.4 Å². The van der Waals surface area contributed by atoms with Crippen molar-refractivity contribution in [3.63, 3.8) is 0 Å². The predicted molar refractivity (Wildman–Crippen MR) is 93.1 cm³/mol. The highest BCUT2D eigenvalue weighted by molar-refractivity contribution is 6.02. The average Bonchev–Trinajstić information content (AvgIpc) is 2.58. The molecular weight excluding hydrogens is 347 g/mol. The number of nitrogens with one attached hydrogen (secondary N) is 2. The number of halogens is 3. The van der Waals surface area contributed by atoms with Crippen molar-refractivity contribution in [1.29, 1.82) is 0 Å². The van der Waals surface area contributed by atoms with E-state index in [1.165, 1.54) is 18.2 Å². The van der Waals surface area contributed by atoms with Gasteiger partial charge in [-0.3, -0.25) is 4.79 Å². The Balaban J connectivity index is 1.94. The first-order valence-corrected chi connectivity index (χ1v) is 7.96. The Bertz CT molecular complexity index is 732. The summed E-state index contributed by atoms with van der Waals surface area (Å²) >= 11 is 0. The molecule has 6 nitrogen and oxygen atoms in total. The van der Waals surface area contributed by atoms with E-state index in [0.717, 1.165) is 25.1 Å². The number of rotatable bonds is 7. The molecule has 2 rings (SSSR count). The van der Waals surface area contributed by atoms with Crippen LogP contribution in [-0.4, -0.2) is 48.2 Å². The normalized spacial score (nSPS) is 11.5. The molecule has 0 spiro atoms. The van der Waals surface area contributed by atoms with Crippen molar-refractivity contribution in [2.24, 2.45) is 0 Å². The summed E-state index contributed by atoms with van der Waals surface area (Å²) in [6.07, 6.45) is -3.55. The van der Waals surface area contributed by atoms with Crippen LogP contribution in [0, 0.1) is 0 Å². The van der Waals surface area contributed by atoms with Crippen LogP contribution in [0.4, 0.5) is 24.7 Å². The number of aromatic nitrogens is 2. The second kappa shape index (κ2) is 8.61. The van der Waals surface area contributed by atoms with Gasteiger partial charge in [-0.1, -0.05) is 6.07 Å². The molecule has 140 valence electrons. The van der Waals surface area contributed by atoms with Gasteiger partial charge in [0.05, 0.1) is 5.56 Å². The molecule has 2 N–H and O–H groups in total. The van der Waals surface area contributed by atoms with Crippen molar-refractivity contribution in [2.45, 2.75) is 12.6 Å². The molecule has 0 aliphatic carbocycles. The molecule has 0 radical (unpaired) electrons. The Labute approximate surface area is 149 Å². The van der Waals surface area contributed by atoms with Crippen LogP contribution in [0.2, 0.25) is 0 Å². The number of benzene rings is 1. The molecule has 0 aliphatic rings. The van der Waals surface area contributed by atoms with Crippen LogP contribution in [-0.2, 0) is 6.18 Å². The number of alkyl halides is 3. The first kappa shape index (κ1) is 19.6. The van der Waals surface area contributed by atoms with E-state index in [9.17, 15) is 18.0 Å². The number of hydrogen-bond donors (Lipinski definition) is 2. The number of amides is 1. The standard InChI is InChI=1S/C17H20F3N5O/c1-25(2)10-4-9-21-15-8-7-14(23-24-15)16(26)22-13-6-3-5-12(11-13)17(18,19)20/h3,5-8,11H,4,9-10H2,1-2H3,(H,21,24)(H,22,26). The molecule has 1 amide bonds. The summed E-state index contributed by atoms with van der Waals surface area (Å²) in [5.41, 5.74) is -0.780. The number of carbonyl (C=O) groups excluding carboxylic acids is 1. The van der Waals surface area contributed by atoms with Crippen LogP contribution in [0.5, 0.6) is 0 Å². The number of nitrogens with zero attached hydrogens (tertiary/aromatic N) is 3. The molecule has 1 aromatic carbocycles.